The maximum atomic E-state index is 11.6. The first-order valence-corrected chi connectivity index (χ1v) is 4.64. The molecule has 2 N–H and O–H groups in total. The second-order valence-corrected chi connectivity index (χ2v) is 3.33. The summed E-state index contributed by atoms with van der Waals surface area (Å²) in [6, 6.07) is 0. The van der Waals surface area contributed by atoms with Crippen LogP contribution in [0.15, 0.2) is 4.42 Å². The predicted molar refractivity (Wildman–Crippen MR) is 54.0 cm³/mol. The summed E-state index contributed by atoms with van der Waals surface area (Å²) in [7, 11) is 0. The van der Waals surface area contributed by atoms with Crippen LogP contribution in [-0.4, -0.2) is 23.6 Å². The number of hydrogen-bond donors (Lipinski definition) is 2. The fourth-order valence-corrected chi connectivity index (χ4v) is 1.34. The van der Waals surface area contributed by atoms with E-state index in [-0.39, 0.29) is 0 Å². The standard InChI is InChI=1S/C10H13NO5/c1-5-6(2)16-7(3)9(5)10(14)11-15-4-8(12)13/h4H2,1-3H3,(H,11,14)(H,12,13). The molecule has 0 spiro atoms. The normalized spacial score (nSPS) is 10.2. The molecule has 1 aromatic heterocycles. The average Bonchev–Trinajstić information content (AvgIpc) is 2.40. The van der Waals surface area contributed by atoms with Gasteiger partial charge in [-0.3, -0.25) is 9.63 Å². The van der Waals surface area contributed by atoms with E-state index in [0.29, 0.717) is 22.6 Å². The second kappa shape index (κ2) is 4.80. The van der Waals surface area contributed by atoms with Crippen molar-refractivity contribution in [1.82, 2.24) is 5.48 Å². The van der Waals surface area contributed by atoms with Crippen LogP contribution in [0.25, 0.3) is 0 Å². The van der Waals surface area contributed by atoms with Gasteiger partial charge in [-0.15, -0.1) is 0 Å². The number of carbonyl (C=O) groups excluding carboxylic acids is 1. The van der Waals surface area contributed by atoms with E-state index in [4.69, 9.17) is 9.52 Å². The van der Waals surface area contributed by atoms with E-state index < -0.39 is 18.5 Å². The molecule has 88 valence electrons. The zero-order valence-corrected chi connectivity index (χ0v) is 9.29. The van der Waals surface area contributed by atoms with Gasteiger partial charge in [0.05, 0.1) is 5.56 Å². The molecule has 0 fully saturated rings. The summed E-state index contributed by atoms with van der Waals surface area (Å²) >= 11 is 0. The molecule has 6 heteroatoms. The van der Waals surface area contributed by atoms with Crippen LogP contribution in [0.4, 0.5) is 0 Å². The number of aryl methyl sites for hydroxylation is 2. The highest BCUT2D eigenvalue weighted by atomic mass is 16.7. The lowest BCUT2D eigenvalue weighted by molar-refractivity contribution is -0.144. The number of carbonyl (C=O) groups is 2. The van der Waals surface area contributed by atoms with Gasteiger partial charge in [-0.1, -0.05) is 0 Å². The summed E-state index contributed by atoms with van der Waals surface area (Å²) in [6.07, 6.45) is 0. The van der Waals surface area contributed by atoms with Gasteiger partial charge in [0.1, 0.15) is 11.5 Å². The topological polar surface area (TPSA) is 88.8 Å². The van der Waals surface area contributed by atoms with Crippen molar-refractivity contribution in [1.29, 1.82) is 0 Å². The molecule has 0 atom stereocenters. The summed E-state index contributed by atoms with van der Waals surface area (Å²) in [6.45, 7) is 4.57. The first-order chi connectivity index (χ1) is 7.43. The number of furan rings is 1. The highest BCUT2D eigenvalue weighted by molar-refractivity contribution is 5.96. The van der Waals surface area contributed by atoms with Crippen molar-refractivity contribution in [3.05, 3.63) is 22.6 Å². The molecule has 0 saturated heterocycles. The fourth-order valence-electron chi connectivity index (χ4n) is 1.34. The number of hydroxylamine groups is 1. The van der Waals surface area contributed by atoms with Crippen molar-refractivity contribution in [2.75, 3.05) is 6.61 Å². The summed E-state index contributed by atoms with van der Waals surface area (Å²) in [5.74, 6) is -0.530. The number of carboxylic acid groups (broad SMARTS) is 1. The number of aliphatic carboxylic acids is 1. The van der Waals surface area contributed by atoms with Gasteiger partial charge in [0.2, 0.25) is 0 Å². The Hall–Kier alpha value is -1.82. The van der Waals surface area contributed by atoms with Gasteiger partial charge >= 0.3 is 5.97 Å². The Balaban J connectivity index is 2.70. The van der Waals surface area contributed by atoms with Crippen molar-refractivity contribution in [2.45, 2.75) is 20.8 Å². The third kappa shape index (κ3) is 2.60. The number of nitrogens with one attached hydrogen (secondary N) is 1. The molecule has 0 aliphatic rings. The van der Waals surface area contributed by atoms with E-state index in [1.54, 1.807) is 20.8 Å². The van der Waals surface area contributed by atoms with Gasteiger partial charge in [-0.2, -0.15) is 0 Å². The Morgan fingerprint density at radius 1 is 1.31 bits per heavy atom. The van der Waals surface area contributed by atoms with Crippen molar-refractivity contribution in [3.8, 4) is 0 Å². The molecule has 1 heterocycles. The Bertz CT molecular complexity index is 421. The van der Waals surface area contributed by atoms with Crippen molar-refractivity contribution < 1.29 is 24.0 Å². The van der Waals surface area contributed by atoms with Crippen molar-refractivity contribution in [2.24, 2.45) is 0 Å². The van der Waals surface area contributed by atoms with Crippen molar-refractivity contribution in [3.63, 3.8) is 0 Å². The maximum absolute atomic E-state index is 11.6. The molecule has 1 amide bonds. The minimum atomic E-state index is -1.16. The SMILES string of the molecule is Cc1oc(C)c(C(=O)NOCC(=O)O)c1C. The van der Waals surface area contributed by atoms with Gasteiger partial charge in [-0.05, 0) is 20.8 Å². The van der Waals surface area contributed by atoms with E-state index in [2.05, 4.69) is 4.84 Å². The Labute approximate surface area is 92.2 Å². The molecular formula is C10H13NO5. The minimum absolute atomic E-state index is 0.378. The van der Waals surface area contributed by atoms with Crippen LogP contribution in [0.2, 0.25) is 0 Å². The quantitative estimate of drug-likeness (QED) is 0.747. The first kappa shape index (κ1) is 12.3. The van der Waals surface area contributed by atoms with E-state index in [9.17, 15) is 9.59 Å². The van der Waals surface area contributed by atoms with E-state index in [1.165, 1.54) is 0 Å². The maximum Gasteiger partial charge on any atom is 0.332 e. The van der Waals surface area contributed by atoms with Crippen LogP contribution in [0, 0.1) is 20.8 Å². The lowest BCUT2D eigenvalue weighted by Crippen LogP contribution is -2.27. The lowest BCUT2D eigenvalue weighted by atomic mass is 10.1. The van der Waals surface area contributed by atoms with Gasteiger partial charge < -0.3 is 9.52 Å². The Morgan fingerprint density at radius 3 is 2.38 bits per heavy atom. The zero-order valence-electron chi connectivity index (χ0n) is 9.29. The van der Waals surface area contributed by atoms with Crippen molar-refractivity contribution >= 4 is 11.9 Å². The molecule has 16 heavy (non-hydrogen) atoms. The Morgan fingerprint density at radius 2 is 1.94 bits per heavy atom. The molecule has 0 aliphatic carbocycles. The predicted octanol–water partition coefficient (Wildman–Crippen LogP) is 0.951. The zero-order chi connectivity index (χ0) is 12.3. The second-order valence-electron chi connectivity index (χ2n) is 3.33. The van der Waals surface area contributed by atoms with Crippen LogP contribution >= 0.6 is 0 Å². The molecule has 0 aliphatic heterocycles. The van der Waals surface area contributed by atoms with Crippen LogP contribution in [0.1, 0.15) is 27.4 Å². The largest absolute Gasteiger partial charge is 0.479 e. The number of amides is 1. The van der Waals surface area contributed by atoms with Gasteiger partial charge in [0.25, 0.3) is 5.91 Å². The van der Waals surface area contributed by atoms with E-state index >= 15 is 0 Å². The lowest BCUT2D eigenvalue weighted by Gasteiger charge is -2.03. The highest BCUT2D eigenvalue weighted by Gasteiger charge is 2.18. The molecular weight excluding hydrogens is 214 g/mol. The molecule has 0 radical (unpaired) electrons. The van der Waals surface area contributed by atoms with E-state index in [0.717, 1.165) is 0 Å². The molecule has 1 rings (SSSR count). The molecule has 0 aromatic carbocycles. The monoisotopic (exact) mass is 227 g/mol. The van der Waals surface area contributed by atoms with Crippen LogP contribution in [-0.2, 0) is 9.63 Å². The average molecular weight is 227 g/mol. The summed E-state index contributed by atoms with van der Waals surface area (Å²) in [4.78, 5) is 26.2. The minimum Gasteiger partial charge on any atom is -0.479 e. The summed E-state index contributed by atoms with van der Waals surface area (Å²) in [5.41, 5.74) is 3.14. The Kier molecular flexibility index (Phi) is 3.68. The third-order valence-corrected chi connectivity index (χ3v) is 2.15. The van der Waals surface area contributed by atoms with Gasteiger partial charge in [0, 0.05) is 5.56 Å². The molecule has 0 bridgehead atoms. The number of hydrogen-bond acceptors (Lipinski definition) is 4. The molecule has 0 unspecified atom stereocenters. The summed E-state index contributed by atoms with van der Waals surface area (Å²) in [5, 5.41) is 8.32. The molecule has 6 nitrogen and oxygen atoms in total. The first-order valence-electron chi connectivity index (χ1n) is 4.64. The van der Waals surface area contributed by atoms with Gasteiger partial charge in [0.15, 0.2) is 6.61 Å². The number of carboxylic acids is 1. The highest BCUT2D eigenvalue weighted by Crippen LogP contribution is 2.20. The number of rotatable bonds is 4. The van der Waals surface area contributed by atoms with Crippen LogP contribution in [0.5, 0.6) is 0 Å². The molecule has 1 aromatic rings. The fraction of sp³-hybridized carbons (Fsp3) is 0.400. The van der Waals surface area contributed by atoms with Crippen LogP contribution < -0.4 is 5.48 Å². The molecule has 0 saturated carbocycles. The summed E-state index contributed by atoms with van der Waals surface area (Å²) < 4.78 is 5.26. The van der Waals surface area contributed by atoms with E-state index in [1.807, 2.05) is 5.48 Å². The van der Waals surface area contributed by atoms with Gasteiger partial charge in [-0.25, -0.2) is 10.3 Å². The third-order valence-electron chi connectivity index (χ3n) is 2.15. The van der Waals surface area contributed by atoms with Crippen LogP contribution in [0.3, 0.4) is 0 Å². The smallest absolute Gasteiger partial charge is 0.332 e.